The van der Waals surface area contributed by atoms with Crippen LogP contribution < -0.4 is 0 Å². The summed E-state index contributed by atoms with van der Waals surface area (Å²) in [4.78, 5) is 25.1. The summed E-state index contributed by atoms with van der Waals surface area (Å²) < 4.78 is 10.0. The lowest BCUT2D eigenvalue weighted by Gasteiger charge is -2.27. The number of likely N-dealkylation sites (tertiary alicyclic amines) is 1. The average molecular weight is 255 g/mol. The highest BCUT2D eigenvalue weighted by Crippen LogP contribution is 2.25. The Kier molecular flexibility index (Phi) is 4.38. The van der Waals surface area contributed by atoms with Crippen molar-refractivity contribution in [1.82, 2.24) is 4.90 Å². The van der Waals surface area contributed by atoms with E-state index < -0.39 is 23.7 Å². The topological polar surface area (TPSA) is 55.8 Å². The Bertz CT molecular complexity index is 368. The van der Waals surface area contributed by atoms with Crippen LogP contribution in [-0.2, 0) is 14.3 Å². The molecular weight excluding hydrogens is 234 g/mol. The first-order valence-corrected chi connectivity index (χ1v) is 6.00. The fourth-order valence-electron chi connectivity index (χ4n) is 1.82. The van der Waals surface area contributed by atoms with Gasteiger partial charge in [0.05, 0.1) is 7.11 Å². The second-order valence-electron chi connectivity index (χ2n) is 5.30. The van der Waals surface area contributed by atoms with Gasteiger partial charge in [0.2, 0.25) is 0 Å². The number of hydrogen-bond donors (Lipinski definition) is 0. The van der Waals surface area contributed by atoms with Gasteiger partial charge in [-0.05, 0) is 27.7 Å². The van der Waals surface area contributed by atoms with Crippen LogP contribution in [-0.4, -0.2) is 42.3 Å². The summed E-state index contributed by atoms with van der Waals surface area (Å²) in [6.45, 7) is 7.70. The van der Waals surface area contributed by atoms with Crippen LogP contribution in [0.4, 0.5) is 4.79 Å². The van der Waals surface area contributed by atoms with Crippen molar-refractivity contribution in [2.75, 3.05) is 13.7 Å². The molecule has 0 aromatic carbocycles. The summed E-state index contributed by atoms with van der Waals surface area (Å²) in [7, 11) is 1.32. The fourth-order valence-corrected chi connectivity index (χ4v) is 1.82. The van der Waals surface area contributed by atoms with Crippen molar-refractivity contribution in [3.63, 3.8) is 0 Å². The molecule has 1 aliphatic rings. The molecule has 1 amide bonds. The first-order chi connectivity index (χ1) is 8.28. The molecule has 0 spiro atoms. The lowest BCUT2D eigenvalue weighted by molar-refractivity contribution is -0.145. The van der Waals surface area contributed by atoms with E-state index in [1.54, 1.807) is 20.8 Å². The average Bonchev–Trinajstić information content (AvgIpc) is 2.69. The van der Waals surface area contributed by atoms with Gasteiger partial charge in [-0.15, -0.1) is 0 Å². The molecule has 1 atom stereocenters. The molecule has 5 heteroatoms. The summed E-state index contributed by atoms with van der Waals surface area (Å²) in [5, 5.41) is 0. The highest BCUT2D eigenvalue weighted by molar-refractivity contribution is 5.83. The number of rotatable bonds is 1. The Morgan fingerprint density at radius 2 is 2.00 bits per heavy atom. The highest BCUT2D eigenvalue weighted by Gasteiger charge is 2.39. The van der Waals surface area contributed by atoms with Crippen LogP contribution >= 0.6 is 0 Å². The van der Waals surface area contributed by atoms with Crippen LogP contribution in [0.25, 0.3) is 0 Å². The molecule has 1 aliphatic heterocycles. The number of carbonyl (C=O) groups is 2. The Labute approximate surface area is 108 Å². The van der Waals surface area contributed by atoms with Crippen LogP contribution in [0.2, 0.25) is 0 Å². The van der Waals surface area contributed by atoms with Crippen LogP contribution in [0.1, 0.15) is 34.1 Å². The van der Waals surface area contributed by atoms with Gasteiger partial charge in [-0.2, -0.15) is 0 Å². The number of nitrogens with zero attached hydrogens (tertiary/aromatic N) is 1. The van der Waals surface area contributed by atoms with Gasteiger partial charge < -0.3 is 9.47 Å². The molecule has 0 bridgehead atoms. The highest BCUT2D eigenvalue weighted by atomic mass is 16.6. The van der Waals surface area contributed by atoms with Gasteiger partial charge >= 0.3 is 12.1 Å². The van der Waals surface area contributed by atoms with Crippen LogP contribution in [0.5, 0.6) is 0 Å². The molecule has 0 N–H and O–H groups in total. The van der Waals surface area contributed by atoms with Gasteiger partial charge in [-0.25, -0.2) is 9.59 Å². The number of amides is 1. The Morgan fingerprint density at radius 3 is 2.44 bits per heavy atom. The number of ether oxygens (including phenoxy) is 2. The number of esters is 1. The second kappa shape index (κ2) is 5.42. The van der Waals surface area contributed by atoms with Crippen LogP contribution in [0.15, 0.2) is 11.6 Å². The molecular formula is C13H21NO4. The molecule has 102 valence electrons. The van der Waals surface area contributed by atoms with E-state index in [2.05, 4.69) is 0 Å². The maximum atomic E-state index is 12.0. The van der Waals surface area contributed by atoms with E-state index in [1.807, 2.05) is 13.0 Å². The van der Waals surface area contributed by atoms with Gasteiger partial charge in [0.25, 0.3) is 0 Å². The third-order valence-electron chi connectivity index (χ3n) is 2.71. The first-order valence-electron chi connectivity index (χ1n) is 6.00. The van der Waals surface area contributed by atoms with Gasteiger partial charge in [0, 0.05) is 13.0 Å². The van der Waals surface area contributed by atoms with E-state index >= 15 is 0 Å². The smallest absolute Gasteiger partial charge is 0.411 e. The first kappa shape index (κ1) is 14.5. The number of allylic oxidation sites excluding steroid dienone is 1. The normalized spacial score (nSPS) is 22.2. The Morgan fingerprint density at radius 1 is 1.39 bits per heavy atom. The van der Waals surface area contributed by atoms with Crippen LogP contribution in [0, 0.1) is 0 Å². The predicted octanol–water partition coefficient (Wildman–Crippen LogP) is 2.12. The van der Waals surface area contributed by atoms with E-state index in [0.717, 1.165) is 5.57 Å². The molecule has 0 radical (unpaired) electrons. The largest absolute Gasteiger partial charge is 0.467 e. The van der Waals surface area contributed by atoms with Crippen molar-refractivity contribution in [3.05, 3.63) is 11.6 Å². The number of hydrogen-bond acceptors (Lipinski definition) is 4. The quantitative estimate of drug-likeness (QED) is 0.532. The standard InChI is InChI=1S/C13H21NO4/c1-6-9-7-10(11(15)17-5)14(8-9)12(16)18-13(2,3)4/h6,10H,7-8H2,1-5H3/b9-6-/t10-/m0/s1. The number of methoxy groups -OCH3 is 1. The molecule has 5 nitrogen and oxygen atoms in total. The maximum absolute atomic E-state index is 12.0. The number of carbonyl (C=O) groups excluding carboxylic acids is 2. The summed E-state index contributed by atoms with van der Waals surface area (Å²) >= 11 is 0. The zero-order valence-electron chi connectivity index (χ0n) is 11.6. The lowest BCUT2D eigenvalue weighted by Crippen LogP contribution is -2.43. The molecule has 0 aliphatic carbocycles. The van der Waals surface area contributed by atoms with Crippen molar-refractivity contribution in [2.24, 2.45) is 0 Å². The van der Waals surface area contributed by atoms with Crippen molar-refractivity contribution in [1.29, 1.82) is 0 Å². The molecule has 18 heavy (non-hydrogen) atoms. The van der Waals surface area contributed by atoms with Crippen molar-refractivity contribution in [3.8, 4) is 0 Å². The van der Waals surface area contributed by atoms with Gasteiger partial charge in [-0.3, -0.25) is 4.90 Å². The zero-order valence-corrected chi connectivity index (χ0v) is 11.6. The van der Waals surface area contributed by atoms with Crippen molar-refractivity contribution < 1.29 is 19.1 Å². The van der Waals surface area contributed by atoms with Gasteiger partial charge in [-0.1, -0.05) is 11.6 Å². The molecule has 1 fully saturated rings. The molecule has 0 saturated carbocycles. The minimum atomic E-state index is -0.573. The summed E-state index contributed by atoms with van der Waals surface area (Å²) in [5.41, 5.74) is 0.465. The van der Waals surface area contributed by atoms with Crippen molar-refractivity contribution in [2.45, 2.75) is 45.8 Å². The van der Waals surface area contributed by atoms with E-state index in [0.29, 0.717) is 13.0 Å². The van der Waals surface area contributed by atoms with Crippen molar-refractivity contribution >= 4 is 12.1 Å². The minimum absolute atomic E-state index is 0.405. The summed E-state index contributed by atoms with van der Waals surface area (Å²) in [5.74, 6) is -0.405. The predicted molar refractivity (Wildman–Crippen MR) is 67.1 cm³/mol. The van der Waals surface area contributed by atoms with Gasteiger partial charge in [0.15, 0.2) is 0 Å². The Hall–Kier alpha value is -1.52. The minimum Gasteiger partial charge on any atom is -0.467 e. The molecule has 1 heterocycles. The molecule has 0 unspecified atom stereocenters. The van der Waals surface area contributed by atoms with E-state index in [9.17, 15) is 9.59 Å². The molecule has 0 aromatic rings. The van der Waals surface area contributed by atoms with Gasteiger partial charge in [0.1, 0.15) is 11.6 Å². The summed E-state index contributed by atoms with van der Waals surface area (Å²) in [6.07, 6.45) is 1.96. The third-order valence-corrected chi connectivity index (χ3v) is 2.71. The fraction of sp³-hybridized carbons (Fsp3) is 0.692. The third kappa shape index (κ3) is 3.48. The van der Waals surface area contributed by atoms with E-state index in [4.69, 9.17) is 9.47 Å². The molecule has 1 saturated heterocycles. The second-order valence-corrected chi connectivity index (χ2v) is 5.30. The zero-order chi connectivity index (χ0) is 13.9. The lowest BCUT2D eigenvalue weighted by atomic mass is 10.1. The maximum Gasteiger partial charge on any atom is 0.411 e. The molecule has 0 aromatic heterocycles. The van der Waals surface area contributed by atoms with Crippen LogP contribution in [0.3, 0.4) is 0 Å². The Balaban J connectivity index is 2.84. The molecule has 1 rings (SSSR count). The SMILES string of the molecule is C/C=C1/C[C@@H](C(=O)OC)N(C(=O)OC(C)(C)C)C1. The van der Waals surface area contributed by atoms with E-state index in [-0.39, 0.29) is 0 Å². The monoisotopic (exact) mass is 255 g/mol. The summed E-state index contributed by atoms with van der Waals surface area (Å²) in [6, 6.07) is -0.573. The van der Waals surface area contributed by atoms with E-state index in [1.165, 1.54) is 12.0 Å².